The molecule has 0 N–H and O–H groups in total. The van der Waals surface area contributed by atoms with Crippen LogP contribution in [0.2, 0.25) is 0 Å². The molecule has 0 aliphatic carbocycles. The second kappa shape index (κ2) is 8.05. The summed E-state index contributed by atoms with van der Waals surface area (Å²) in [5.41, 5.74) is 11.8. The van der Waals surface area contributed by atoms with Crippen LogP contribution in [0.5, 0.6) is 0 Å². The van der Waals surface area contributed by atoms with E-state index in [1.165, 1.54) is 16.7 Å². The molecule has 0 spiro atoms. The van der Waals surface area contributed by atoms with Crippen LogP contribution < -0.4 is 0 Å². The van der Waals surface area contributed by atoms with Gasteiger partial charge in [0.15, 0.2) is 0 Å². The van der Waals surface area contributed by atoms with Gasteiger partial charge in [0.2, 0.25) is 5.71 Å². The summed E-state index contributed by atoms with van der Waals surface area (Å²) in [6, 6.07) is 12.8. The number of hydrogen-bond donors (Lipinski definition) is 0. The molecule has 5 aromatic rings. The number of rotatable bonds is 3. The second-order valence-electron chi connectivity index (χ2n) is 10.7. The first-order chi connectivity index (χ1) is 16.1. The van der Waals surface area contributed by atoms with E-state index in [4.69, 9.17) is 9.40 Å². The highest BCUT2D eigenvalue weighted by Crippen LogP contribution is 2.35. The second-order valence-corrected chi connectivity index (χ2v) is 10.7. The van der Waals surface area contributed by atoms with Crippen LogP contribution in [-0.2, 0) is 6.42 Å². The quantitative estimate of drug-likeness (QED) is 0.281. The van der Waals surface area contributed by atoms with Gasteiger partial charge in [0.1, 0.15) is 5.58 Å². The Morgan fingerprint density at radius 1 is 0.794 bits per heavy atom. The molecule has 34 heavy (non-hydrogen) atoms. The summed E-state index contributed by atoms with van der Waals surface area (Å²) < 4.78 is 6.08. The van der Waals surface area contributed by atoms with E-state index >= 15 is 0 Å². The van der Waals surface area contributed by atoms with Gasteiger partial charge in [0, 0.05) is 51.2 Å². The van der Waals surface area contributed by atoms with Crippen molar-refractivity contribution in [3.63, 3.8) is 0 Å². The van der Waals surface area contributed by atoms with Gasteiger partial charge in [-0.1, -0.05) is 20.8 Å². The highest BCUT2D eigenvalue weighted by molar-refractivity contribution is 6.06. The summed E-state index contributed by atoms with van der Waals surface area (Å²) in [6.07, 6.45) is 4.89. The fourth-order valence-electron chi connectivity index (χ4n) is 4.90. The van der Waals surface area contributed by atoms with E-state index in [9.17, 15) is 0 Å². The minimum absolute atomic E-state index is 0.220. The summed E-state index contributed by atoms with van der Waals surface area (Å²) >= 11 is 0. The van der Waals surface area contributed by atoms with Gasteiger partial charge in [0.25, 0.3) is 0 Å². The highest BCUT2D eigenvalue weighted by Gasteiger charge is 2.16. The number of fused-ring (bicyclic) bond motifs is 3. The Morgan fingerprint density at radius 3 is 2.29 bits per heavy atom. The summed E-state index contributed by atoms with van der Waals surface area (Å²) in [4.78, 5) is 14.1. The Balaban J connectivity index is 1.64. The fourth-order valence-corrected chi connectivity index (χ4v) is 4.90. The van der Waals surface area contributed by atoms with E-state index in [1.807, 2.05) is 25.4 Å². The van der Waals surface area contributed by atoms with E-state index in [-0.39, 0.29) is 5.41 Å². The molecule has 1 aromatic carbocycles. The number of aromatic nitrogens is 3. The average Bonchev–Trinajstić information content (AvgIpc) is 3.11. The molecule has 4 nitrogen and oxygen atoms in total. The van der Waals surface area contributed by atoms with Gasteiger partial charge in [0.05, 0.1) is 5.69 Å². The molecule has 4 heterocycles. The number of furan rings is 1. The zero-order valence-corrected chi connectivity index (χ0v) is 21.1. The van der Waals surface area contributed by atoms with Gasteiger partial charge in [-0.25, -0.2) is 4.98 Å². The molecule has 5 rings (SSSR count). The molecule has 0 unspecified atom stereocenters. The van der Waals surface area contributed by atoms with Crippen molar-refractivity contribution >= 4 is 22.1 Å². The zero-order chi connectivity index (χ0) is 24.2. The van der Waals surface area contributed by atoms with Crippen molar-refractivity contribution in [3.05, 3.63) is 76.9 Å². The lowest BCUT2D eigenvalue weighted by Gasteiger charge is -2.20. The van der Waals surface area contributed by atoms with Crippen molar-refractivity contribution in [1.82, 2.24) is 15.0 Å². The van der Waals surface area contributed by atoms with E-state index < -0.39 is 0 Å². The molecular weight excluding hydrogens is 418 g/mol. The normalized spacial score (nSPS) is 12.1. The van der Waals surface area contributed by atoms with Crippen molar-refractivity contribution in [2.24, 2.45) is 5.41 Å². The van der Waals surface area contributed by atoms with Gasteiger partial charge in [-0.3, -0.25) is 9.97 Å². The first-order valence-electron chi connectivity index (χ1n) is 11.8. The Hall–Kier alpha value is -3.53. The summed E-state index contributed by atoms with van der Waals surface area (Å²) in [7, 11) is 0. The molecule has 0 bridgehead atoms. The van der Waals surface area contributed by atoms with Crippen LogP contribution in [0.25, 0.3) is 44.5 Å². The van der Waals surface area contributed by atoms with Crippen LogP contribution in [0.15, 0.2) is 53.2 Å². The maximum atomic E-state index is 6.08. The predicted octanol–water partition coefficient (Wildman–Crippen LogP) is 7.93. The Morgan fingerprint density at radius 2 is 1.56 bits per heavy atom. The number of pyridine rings is 3. The Labute approximate surface area is 201 Å². The van der Waals surface area contributed by atoms with Gasteiger partial charge in [-0.05, 0) is 92.6 Å². The highest BCUT2D eigenvalue weighted by atomic mass is 16.3. The largest absolute Gasteiger partial charge is 0.438 e. The third kappa shape index (κ3) is 4.09. The fraction of sp³-hybridized carbons (Fsp3) is 0.300. The summed E-state index contributed by atoms with van der Waals surface area (Å²) in [5.74, 6) is 0. The number of benzene rings is 1. The van der Waals surface area contributed by atoms with Gasteiger partial charge in [-0.15, -0.1) is 0 Å². The number of nitrogens with zero attached hydrogens (tertiary/aromatic N) is 3. The summed E-state index contributed by atoms with van der Waals surface area (Å²) in [5, 5.41) is 2.06. The van der Waals surface area contributed by atoms with E-state index in [0.717, 1.165) is 56.5 Å². The molecule has 0 aliphatic heterocycles. The Bertz CT molecular complexity index is 1530. The molecule has 0 fully saturated rings. The monoisotopic (exact) mass is 449 g/mol. The van der Waals surface area contributed by atoms with Crippen molar-refractivity contribution < 1.29 is 4.42 Å². The molecule has 4 heteroatoms. The van der Waals surface area contributed by atoms with Crippen LogP contribution in [0.3, 0.4) is 0 Å². The number of hydrogen-bond acceptors (Lipinski definition) is 4. The topological polar surface area (TPSA) is 51.8 Å². The van der Waals surface area contributed by atoms with Gasteiger partial charge >= 0.3 is 0 Å². The van der Waals surface area contributed by atoms with E-state index in [2.05, 4.69) is 81.8 Å². The predicted molar refractivity (Wildman–Crippen MR) is 140 cm³/mol. The molecule has 0 amide bonds. The lowest BCUT2D eigenvalue weighted by atomic mass is 9.86. The van der Waals surface area contributed by atoms with Crippen LogP contribution in [0.4, 0.5) is 0 Å². The van der Waals surface area contributed by atoms with Crippen molar-refractivity contribution in [3.8, 4) is 22.4 Å². The van der Waals surface area contributed by atoms with Crippen LogP contribution in [0.1, 0.15) is 48.8 Å². The van der Waals surface area contributed by atoms with Crippen LogP contribution in [-0.4, -0.2) is 15.0 Å². The third-order valence-electron chi connectivity index (χ3n) is 6.37. The van der Waals surface area contributed by atoms with Gasteiger partial charge in [-0.2, -0.15) is 0 Å². The SMILES string of the molecule is Cc1cc(C)c(-c2cnc3oc4ccc(-c5cc(CC(C)(C)C)c(C)cn5)cc4c3c2)c(C)n1. The first kappa shape index (κ1) is 22.3. The van der Waals surface area contributed by atoms with Crippen LogP contribution >= 0.6 is 0 Å². The molecule has 172 valence electrons. The molecule has 0 saturated carbocycles. The maximum absolute atomic E-state index is 6.08. The van der Waals surface area contributed by atoms with Crippen molar-refractivity contribution in [2.45, 2.75) is 54.9 Å². The van der Waals surface area contributed by atoms with Crippen molar-refractivity contribution in [1.29, 1.82) is 0 Å². The zero-order valence-electron chi connectivity index (χ0n) is 21.1. The first-order valence-corrected chi connectivity index (χ1v) is 11.8. The van der Waals surface area contributed by atoms with E-state index in [0.29, 0.717) is 5.71 Å². The van der Waals surface area contributed by atoms with Crippen LogP contribution in [0, 0.1) is 33.1 Å². The molecule has 0 saturated heterocycles. The lowest BCUT2D eigenvalue weighted by Crippen LogP contribution is -2.10. The van der Waals surface area contributed by atoms with Crippen molar-refractivity contribution in [2.75, 3.05) is 0 Å². The molecular formula is C30H31N3O. The molecule has 0 atom stereocenters. The molecule has 4 aromatic heterocycles. The molecule has 0 aliphatic rings. The Kier molecular flexibility index (Phi) is 5.27. The van der Waals surface area contributed by atoms with Gasteiger partial charge < -0.3 is 4.42 Å². The maximum Gasteiger partial charge on any atom is 0.227 e. The standard InChI is InChI=1S/C30H31N3O/c1-17-10-19(3)33-20(4)28(17)23-12-25-24-11-21(8-9-27(24)34-29(25)32-16-23)26-13-22(14-30(5,6)7)18(2)15-31-26/h8-13,15-16H,14H2,1-7H3. The minimum Gasteiger partial charge on any atom is -0.438 e. The van der Waals surface area contributed by atoms with E-state index in [1.54, 1.807) is 0 Å². The third-order valence-corrected chi connectivity index (χ3v) is 6.37. The number of aryl methyl sites for hydroxylation is 4. The summed E-state index contributed by atoms with van der Waals surface area (Å²) in [6.45, 7) is 15.2. The molecule has 0 radical (unpaired) electrons. The smallest absolute Gasteiger partial charge is 0.227 e. The minimum atomic E-state index is 0.220. The lowest BCUT2D eigenvalue weighted by molar-refractivity contribution is 0.410. The average molecular weight is 450 g/mol.